The molecule has 8 heteroatoms. The number of guanidine groups is 1. The Morgan fingerprint density at radius 3 is 2.72 bits per heavy atom. The highest BCUT2D eigenvalue weighted by atomic mass is 16.5. The number of ether oxygens (including phenoxy) is 1. The Morgan fingerprint density at radius 2 is 1.92 bits per heavy atom. The molecule has 3 saturated heterocycles. The number of morpholine rings is 1. The van der Waals surface area contributed by atoms with E-state index >= 15 is 0 Å². The van der Waals surface area contributed by atoms with Gasteiger partial charge in [-0.25, -0.2) is 10.4 Å². The molecular weight excluding hydrogens is 320 g/mol. The number of carbonyl (C=O) groups excluding carboxylic acids is 1. The summed E-state index contributed by atoms with van der Waals surface area (Å²) >= 11 is 0. The van der Waals surface area contributed by atoms with Gasteiger partial charge in [0.1, 0.15) is 6.17 Å². The summed E-state index contributed by atoms with van der Waals surface area (Å²) in [5.41, 5.74) is 8.45. The molecule has 1 aromatic rings. The second kappa shape index (κ2) is 7.49. The molecule has 4 N–H and O–H groups in total. The van der Waals surface area contributed by atoms with E-state index in [0.717, 1.165) is 38.4 Å². The number of amides is 1. The molecule has 1 aromatic carbocycles. The van der Waals surface area contributed by atoms with Crippen LogP contribution in [0.3, 0.4) is 0 Å². The van der Waals surface area contributed by atoms with Crippen LogP contribution in [0.5, 0.6) is 0 Å². The van der Waals surface area contributed by atoms with Crippen LogP contribution in [0.15, 0.2) is 29.3 Å². The van der Waals surface area contributed by atoms with Crippen molar-refractivity contribution in [3.05, 3.63) is 35.4 Å². The van der Waals surface area contributed by atoms with Gasteiger partial charge in [0.15, 0.2) is 5.96 Å². The van der Waals surface area contributed by atoms with Crippen LogP contribution in [0.2, 0.25) is 0 Å². The smallest absolute Gasteiger partial charge is 0.234 e. The molecule has 134 valence electrons. The Bertz CT molecular complexity index is 641. The zero-order valence-electron chi connectivity index (χ0n) is 14.1. The number of nitrogens with one attached hydrogen (secondary N) is 4. The fourth-order valence-corrected chi connectivity index (χ4v) is 3.29. The van der Waals surface area contributed by atoms with Gasteiger partial charge in [0.05, 0.1) is 25.7 Å². The van der Waals surface area contributed by atoms with Crippen LogP contribution in [0.25, 0.3) is 0 Å². The molecule has 0 radical (unpaired) electrons. The first kappa shape index (κ1) is 16.5. The number of rotatable bonds is 4. The number of hydrazine groups is 1. The molecule has 25 heavy (non-hydrogen) atoms. The maximum atomic E-state index is 12.0. The van der Waals surface area contributed by atoms with E-state index in [1.54, 1.807) is 0 Å². The molecule has 8 nitrogen and oxygen atoms in total. The Labute approximate surface area is 147 Å². The second-order valence-electron chi connectivity index (χ2n) is 6.61. The van der Waals surface area contributed by atoms with Gasteiger partial charge in [-0.2, -0.15) is 0 Å². The summed E-state index contributed by atoms with van der Waals surface area (Å²) in [6.45, 7) is 5.74. The van der Waals surface area contributed by atoms with Gasteiger partial charge < -0.3 is 10.1 Å². The van der Waals surface area contributed by atoms with Gasteiger partial charge in [-0.3, -0.25) is 20.4 Å². The lowest BCUT2D eigenvalue weighted by Crippen LogP contribution is -2.61. The van der Waals surface area contributed by atoms with Gasteiger partial charge in [0, 0.05) is 26.2 Å². The topological polar surface area (TPSA) is 90.0 Å². The number of nitrogens with zero attached hydrogens (tertiary/aromatic N) is 2. The molecule has 3 aliphatic heterocycles. The first-order valence-corrected chi connectivity index (χ1v) is 8.76. The predicted octanol–water partition coefficient (Wildman–Crippen LogP) is -0.856. The van der Waals surface area contributed by atoms with E-state index in [1.807, 2.05) is 0 Å². The van der Waals surface area contributed by atoms with Crippen molar-refractivity contribution in [2.75, 3.05) is 32.8 Å². The highest BCUT2D eigenvalue weighted by Crippen LogP contribution is 2.12. The Morgan fingerprint density at radius 1 is 1.16 bits per heavy atom. The van der Waals surface area contributed by atoms with Crippen LogP contribution in [-0.2, 0) is 22.6 Å². The molecule has 3 aliphatic rings. The second-order valence-corrected chi connectivity index (χ2v) is 6.61. The summed E-state index contributed by atoms with van der Waals surface area (Å²) in [6.07, 6.45) is -0.0941. The molecule has 0 aliphatic carbocycles. The lowest BCUT2D eigenvalue weighted by Gasteiger charge is -2.27. The van der Waals surface area contributed by atoms with E-state index in [9.17, 15) is 4.79 Å². The van der Waals surface area contributed by atoms with E-state index in [1.165, 1.54) is 5.56 Å². The molecule has 3 fully saturated rings. The van der Waals surface area contributed by atoms with Crippen LogP contribution in [0, 0.1) is 5.92 Å². The van der Waals surface area contributed by atoms with Gasteiger partial charge >= 0.3 is 0 Å². The van der Waals surface area contributed by atoms with Crippen molar-refractivity contribution < 1.29 is 9.53 Å². The lowest BCUT2D eigenvalue weighted by molar-refractivity contribution is -0.124. The molecule has 3 heterocycles. The molecule has 0 saturated carbocycles. The number of fused-ring (bicyclic) bond motifs is 1. The van der Waals surface area contributed by atoms with Gasteiger partial charge in [-0.05, 0) is 11.1 Å². The first-order chi connectivity index (χ1) is 12.3. The van der Waals surface area contributed by atoms with E-state index in [2.05, 4.69) is 55.6 Å². The van der Waals surface area contributed by atoms with Crippen molar-refractivity contribution in [3.63, 3.8) is 0 Å². The monoisotopic (exact) mass is 344 g/mol. The third kappa shape index (κ3) is 3.98. The highest BCUT2D eigenvalue weighted by Gasteiger charge is 2.37. The fourth-order valence-electron chi connectivity index (χ4n) is 3.29. The standard InChI is InChI=1S/C17H24N6O2/c24-16-14-10-19-22-15(14)20-17(21-16)18-9-12-1-3-13(4-2-12)11-23-5-7-25-8-6-23/h1-4,14-15,19,22H,5-11H2,(H2,18,20,21,24). The van der Waals surface area contributed by atoms with E-state index < -0.39 is 0 Å². The number of hydrogen-bond acceptors (Lipinski definition) is 6. The molecule has 2 unspecified atom stereocenters. The minimum Gasteiger partial charge on any atom is -0.379 e. The quantitative estimate of drug-likeness (QED) is 0.569. The third-order valence-corrected chi connectivity index (χ3v) is 4.81. The zero-order valence-corrected chi connectivity index (χ0v) is 14.1. The maximum Gasteiger partial charge on any atom is 0.234 e. The molecule has 0 aromatic heterocycles. The predicted molar refractivity (Wildman–Crippen MR) is 93.4 cm³/mol. The molecule has 4 rings (SSSR count). The zero-order chi connectivity index (χ0) is 17.1. The summed E-state index contributed by atoms with van der Waals surface area (Å²) in [6, 6.07) is 8.50. The van der Waals surface area contributed by atoms with Crippen molar-refractivity contribution in [1.29, 1.82) is 0 Å². The van der Waals surface area contributed by atoms with Crippen LogP contribution < -0.4 is 21.5 Å². The average molecular weight is 344 g/mol. The average Bonchev–Trinajstić information content (AvgIpc) is 3.11. The van der Waals surface area contributed by atoms with Crippen LogP contribution in [0.1, 0.15) is 11.1 Å². The first-order valence-electron chi connectivity index (χ1n) is 8.76. The Kier molecular flexibility index (Phi) is 4.93. The fraction of sp³-hybridized carbons (Fsp3) is 0.529. The van der Waals surface area contributed by atoms with Gasteiger partial charge in [-0.1, -0.05) is 24.3 Å². The number of aliphatic imine (C=N–C) groups is 1. The minimum absolute atomic E-state index is 0.000795. The summed E-state index contributed by atoms with van der Waals surface area (Å²) in [5, 5.41) is 6.03. The number of hydrogen-bond donors (Lipinski definition) is 4. The van der Waals surface area contributed by atoms with Crippen molar-refractivity contribution in [3.8, 4) is 0 Å². The normalized spacial score (nSPS) is 28.5. The SMILES string of the molecule is O=C1NC(=NCc2ccc(CN3CCOCC3)cc2)NC2NNCC12. The summed E-state index contributed by atoms with van der Waals surface area (Å²) < 4.78 is 5.38. The largest absolute Gasteiger partial charge is 0.379 e. The summed E-state index contributed by atoms with van der Waals surface area (Å²) in [7, 11) is 0. The van der Waals surface area contributed by atoms with Crippen molar-refractivity contribution in [2.24, 2.45) is 10.9 Å². The summed E-state index contributed by atoms with van der Waals surface area (Å²) in [4.78, 5) is 18.9. The molecule has 2 atom stereocenters. The van der Waals surface area contributed by atoms with E-state index in [-0.39, 0.29) is 18.0 Å². The van der Waals surface area contributed by atoms with Gasteiger partial charge in [0.25, 0.3) is 0 Å². The molecular formula is C17H24N6O2. The number of benzene rings is 1. The van der Waals surface area contributed by atoms with Gasteiger partial charge in [-0.15, -0.1) is 0 Å². The van der Waals surface area contributed by atoms with Crippen molar-refractivity contribution in [1.82, 2.24) is 26.4 Å². The van der Waals surface area contributed by atoms with Crippen LogP contribution in [-0.4, -0.2) is 55.8 Å². The van der Waals surface area contributed by atoms with Gasteiger partial charge in [0.2, 0.25) is 5.91 Å². The lowest BCUT2D eigenvalue weighted by atomic mass is 10.1. The Balaban J connectivity index is 1.32. The minimum atomic E-state index is -0.0987. The van der Waals surface area contributed by atoms with E-state index in [4.69, 9.17) is 4.74 Å². The highest BCUT2D eigenvalue weighted by molar-refractivity contribution is 6.01. The Hall–Kier alpha value is -2.00. The van der Waals surface area contributed by atoms with Crippen molar-refractivity contribution >= 4 is 11.9 Å². The van der Waals surface area contributed by atoms with Crippen LogP contribution in [0.4, 0.5) is 0 Å². The van der Waals surface area contributed by atoms with Crippen LogP contribution >= 0.6 is 0 Å². The van der Waals surface area contributed by atoms with E-state index in [0.29, 0.717) is 19.0 Å². The molecule has 0 bridgehead atoms. The number of carbonyl (C=O) groups is 1. The van der Waals surface area contributed by atoms with Crippen molar-refractivity contribution in [2.45, 2.75) is 19.3 Å². The molecule has 0 spiro atoms. The third-order valence-electron chi connectivity index (χ3n) is 4.81. The maximum absolute atomic E-state index is 12.0. The molecule has 1 amide bonds. The summed E-state index contributed by atoms with van der Waals surface area (Å²) in [5.74, 6) is 0.430.